The summed E-state index contributed by atoms with van der Waals surface area (Å²) in [5.41, 5.74) is 2.54. The van der Waals surface area contributed by atoms with Gasteiger partial charge in [-0.25, -0.2) is 9.18 Å². The smallest absolute Gasteiger partial charge is 0.336 e. The molecule has 1 amide bonds. The molecule has 3 rings (SSSR count). The van der Waals surface area contributed by atoms with Crippen molar-refractivity contribution < 1.29 is 18.7 Å². The van der Waals surface area contributed by atoms with Crippen LogP contribution in [-0.4, -0.2) is 22.9 Å². The highest BCUT2D eigenvalue weighted by Gasteiger charge is 2.37. The molecule has 0 bridgehead atoms. The monoisotopic (exact) mass is 381 g/mol. The Balaban J connectivity index is 2.04. The van der Waals surface area contributed by atoms with Gasteiger partial charge in [-0.2, -0.15) is 0 Å². The molecule has 2 aromatic rings. The van der Waals surface area contributed by atoms with Gasteiger partial charge in [-0.3, -0.25) is 4.79 Å². The Morgan fingerprint density at radius 3 is 2.54 bits per heavy atom. The standard InChI is InChI=1S/C23H24FNO3/c1-15(2)28-23(27)22-16(3)25(14-17-8-5-4-6-9-17)21(26)13-20(22)18-10-7-11-19(24)12-18/h4-12,15,20H,13-14H2,1-3H3. The highest BCUT2D eigenvalue weighted by Crippen LogP contribution is 2.38. The summed E-state index contributed by atoms with van der Waals surface area (Å²) in [5.74, 6) is -1.49. The van der Waals surface area contributed by atoms with Gasteiger partial charge in [0.2, 0.25) is 5.91 Å². The van der Waals surface area contributed by atoms with Gasteiger partial charge in [0.1, 0.15) is 5.82 Å². The van der Waals surface area contributed by atoms with Gasteiger partial charge in [0, 0.05) is 18.0 Å². The first-order chi connectivity index (χ1) is 13.4. The third kappa shape index (κ3) is 4.30. The van der Waals surface area contributed by atoms with Crippen molar-refractivity contribution in [2.24, 2.45) is 0 Å². The van der Waals surface area contributed by atoms with Crippen LogP contribution in [0.1, 0.15) is 44.2 Å². The molecule has 0 fully saturated rings. The third-order valence-corrected chi connectivity index (χ3v) is 4.82. The fourth-order valence-corrected chi connectivity index (χ4v) is 3.52. The Labute approximate surface area is 164 Å². The van der Waals surface area contributed by atoms with Gasteiger partial charge in [0.05, 0.1) is 18.2 Å². The van der Waals surface area contributed by atoms with Gasteiger partial charge in [-0.05, 0) is 44.0 Å². The number of hydrogen-bond acceptors (Lipinski definition) is 3. The van der Waals surface area contributed by atoms with E-state index < -0.39 is 17.7 Å². The van der Waals surface area contributed by atoms with Crippen molar-refractivity contribution in [2.45, 2.75) is 45.8 Å². The summed E-state index contributed by atoms with van der Waals surface area (Å²) in [7, 11) is 0. The molecular formula is C23H24FNO3. The van der Waals surface area contributed by atoms with E-state index in [0.717, 1.165) is 5.56 Å². The molecule has 2 aromatic carbocycles. The van der Waals surface area contributed by atoms with E-state index in [9.17, 15) is 14.0 Å². The molecule has 1 atom stereocenters. The molecule has 0 radical (unpaired) electrons. The zero-order valence-electron chi connectivity index (χ0n) is 16.3. The predicted octanol–water partition coefficient (Wildman–Crippen LogP) is 4.57. The minimum Gasteiger partial charge on any atom is -0.460 e. The molecule has 0 N–H and O–H groups in total. The van der Waals surface area contributed by atoms with Crippen molar-refractivity contribution >= 4 is 11.9 Å². The lowest BCUT2D eigenvalue weighted by Gasteiger charge is -2.34. The number of amides is 1. The second kappa shape index (κ2) is 8.38. The van der Waals surface area contributed by atoms with Crippen molar-refractivity contribution in [1.29, 1.82) is 0 Å². The number of carbonyl (C=O) groups is 2. The van der Waals surface area contributed by atoms with E-state index in [2.05, 4.69) is 0 Å². The lowest BCUT2D eigenvalue weighted by molar-refractivity contribution is -0.143. The van der Waals surface area contributed by atoms with Gasteiger partial charge in [0.25, 0.3) is 0 Å². The zero-order chi connectivity index (χ0) is 20.3. The van der Waals surface area contributed by atoms with Crippen molar-refractivity contribution in [2.75, 3.05) is 0 Å². The van der Waals surface area contributed by atoms with Crippen molar-refractivity contribution in [3.8, 4) is 0 Å². The summed E-state index contributed by atoms with van der Waals surface area (Å²) in [6.45, 7) is 5.68. The van der Waals surface area contributed by atoms with Gasteiger partial charge < -0.3 is 9.64 Å². The number of esters is 1. The molecule has 146 valence electrons. The number of halogens is 1. The van der Waals surface area contributed by atoms with E-state index in [1.807, 2.05) is 30.3 Å². The van der Waals surface area contributed by atoms with Crippen LogP contribution < -0.4 is 0 Å². The first kappa shape index (κ1) is 19.8. The van der Waals surface area contributed by atoms with Gasteiger partial charge >= 0.3 is 5.97 Å². The predicted molar refractivity (Wildman–Crippen MR) is 105 cm³/mol. The summed E-state index contributed by atoms with van der Waals surface area (Å²) in [4.78, 5) is 27.4. The summed E-state index contributed by atoms with van der Waals surface area (Å²) >= 11 is 0. The van der Waals surface area contributed by atoms with Gasteiger partial charge in [-0.15, -0.1) is 0 Å². The second-order valence-corrected chi connectivity index (χ2v) is 7.23. The van der Waals surface area contributed by atoms with Crippen molar-refractivity contribution in [3.05, 3.63) is 82.8 Å². The fraction of sp³-hybridized carbons (Fsp3) is 0.304. The lowest BCUT2D eigenvalue weighted by atomic mass is 9.83. The van der Waals surface area contributed by atoms with E-state index in [4.69, 9.17) is 4.74 Å². The minimum absolute atomic E-state index is 0.0934. The van der Waals surface area contributed by atoms with E-state index in [-0.39, 0.29) is 18.4 Å². The number of benzene rings is 2. The van der Waals surface area contributed by atoms with Crippen LogP contribution in [0.4, 0.5) is 4.39 Å². The summed E-state index contributed by atoms with van der Waals surface area (Å²) in [6, 6.07) is 15.7. The topological polar surface area (TPSA) is 46.6 Å². The van der Waals surface area contributed by atoms with Crippen LogP contribution in [0.25, 0.3) is 0 Å². The SMILES string of the molecule is CC1=C(C(=O)OC(C)C)C(c2cccc(F)c2)CC(=O)N1Cc1ccccc1. The first-order valence-electron chi connectivity index (χ1n) is 9.38. The van der Waals surface area contributed by atoms with E-state index in [1.54, 1.807) is 37.8 Å². The molecular weight excluding hydrogens is 357 g/mol. The van der Waals surface area contributed by atoms with Crippen LogP contribution in [0.3, 0.4) is 0 Å². The molecule has 4 nitrogen and oxygen atoms in total. The van der Waals surface area contributed by atoms with Crippen LogP contribution in [0.5, 0.6) is 0 Å². The maximum Gasteiger partial charge on any atom is 0.336 e. The third-order valence-electron chi connectivity index (χ3n) is 4.82. The average molecular weight is 381 g/mol. The lowest BCUT2D eigenvalue weighted by Crippen LogP contribution is -2.38. The van der Waals surface area contributed by atoms with Crippen LogP contribution >= 0.6 is 0 Å². The Morgan fingerprint density at radius 1 is 1.18 bits per heavy atom. The highest BCUT2D eigenvalue weighted by atomic mass is 19.1. The molecule has 1 aliphatic rings. The molecule has 5 heteroatoms. The highest BCUT2D eigenvalue weighted by molar-refractivity contribution is 5.96. The van der Waals surface area contributed by atoms with E-state index in [1.165, 1.54) is 12.1 Å². The Bertz CT molecular complexity index is 905. The number of ether oxygens (including phenoxy) is 1. The number of hydrogen-bond donors (Lipinski definition) is 0. The van der Waals surface area contributed by atoms with E-state index in [0.29, 0.717) is 23.4 Å². The number of carbonyl (C=O) groups excluding carboxylic acids is 2. The van der Waals surface area contributed by atoms with Crippen molar-refractivity contribution in [1.82, 2.24) is 4.90 Å². The Kier molecular flexibility index (Phi) is 5.93. The summed E-state index contributed by atoms with van der Waals surface area (Å²) in [6.07, 6.45) is -0.197. The molecule has 0 saturated carbocycles. The van der Waals surface area contributed by atoms with Gasteiger partial charge in [0.15, 0.2) is 0 Å². The maximum atomic E-state index is 13.8. The Hall–Kier alpha value is -2.95. The van der Waals surface area contributed by atoms with Crippen LogP contribution in [0.15, 0.2) is 65.9 Å². The maximum absolute atomic E-state index is 13.8. The molecule has 1 unspecified atom stereocenters. The Morgan fingerprint density at radius 2 is 1.89 bits per heavy atom. The van der Waals surface area contributed by atoms with Gasteiger partial charge in [-0.1, -0.05) is 42.5 Å². The van der Waals surface area contributed by atoms with Crippen LogP contribution in [0.2, 0.25) is 0 Å². The number of allylic oxidation sites excluding steroid dienone is 1. The number of nitrogens with zero attached hydrogens (tertiary/aromatic N) is 1. The molecule has 0 aliphatic carbocycles. The zero-order valence-corrected chi connectivity index (χ0v) is 16.3. The molecule has 28 heavy (non-hydrogen) atoms. The summed E-state index contributed by atoms with van der Waals surface area (Å²) in [5, 5.41) is 0. The first-order valence-corrected chi connectivity index (χ1v) is 9.38. The van der Waals surface area contributed by atoms with Crippen molar-refractivity contribution in [3.63, 3.8) is 0 Å². The molecule has 0 aromatic heterocycles. The quantitative estimate of drug-likeness (QED) is 0.713. The molecule has 0 saturated heterocycles. The second-order valence-electron chi connectivity index (χ2n) is 7.23. The molecule has 1 heterocycles. The van der Waals surface area contributed by atoms with E-state index >= 15 is 0 Å². The fourth-order valence-electron chi connectivity index (χ4n) is 3.52. The molecule has 1 aliphatic heterocycles. The largest absolute Gasteiger partial charge is 0.460 e. The summed E-state index contributed by atoms with van der Waals surface area (Å²) < 4.78 is 19.2. The molecule has 0 spiro atoms. The number of rotatable bonds is 5. The van der Waals surface area contributed by atoms with Crippen LogP contribution in [0, 0.1) is 5.82 Å². The minimum atomic E-state index is -0.526. The van der Waals surface area contributed by atoms with Crippen LogP contribution in [-0.2, 0) is 20.9 Å². The normalized spacial score (nSPS) is 17.2. The average Bonchev–Trinajstić information content (AvgIpc) is 2.64.